The number of hydrogen-bond acceptors (Lipinski definition) is 9. The van der Waals surface area contributed by atoms with Crippen molar-refractivity contribution in [3.63, 3.8) is 0 Å². The topological polar surface area (TPSA) is 109 Å². The van der Waals surface area contributed by atoms with Crippen LogP contribution in [0.1, 0.15) is 18.3 Å². The molecule has 0 amide bonds. The first-order valence-electron chi connectivity index (χ1n) is 7.11. The van der Waals surface area contributed by atoms with E-state index in [-0.39, 0.29) is 6.61 Å². The second-order valence-electron chi connectivity index (χ2n) is 4.24. The summed E-state index contributed by atoms with van der Waals surface area (Å²) >= 11 is 0. The van der Waals surface area contributed by atoms with Crippen molar-refractivity contribution in [2.75, 3.05) is 28.4 Å². The van der Waals surface area contributed by atoms with Gasteiger partial charge in [-0.2, -0.15) is 9.97 Å². The maximum Gasteiger partial charge on any atom is 0.260 e. The summed E-state index contributed by atoms with van der Waals surface area (Å²) in [6.45, 7) is 1.81. The molecule has 0 unspecified atom stereocenters. The molecule has 0 saturated carbocycles. The molecule has 2 aromatic heterocycles. The summed E-state index contributed by atoms with van der Waals surface area (Å²) in [4.78, 5) is 15.6. The molecule has 0 aliphatic heterocycles. The third-order valence-corrected chi connectivity index (χ3v) is 2.97. The minimum Gasteiger partial charge on any atom is -0.490 e. The van der Waals surface area contributed by atoms with Gasteiger partial charge in [0.2, 0.25) is 11.5 Å². The van der Waals surface area contributed by atoms with Gasteiger partial charge >= 0.3 is 0 Å². The molecule has 24 heavy (non-hydrogen) atoms. The highest BCUT2D eigenvalue weighted by atomic mass is 16.5. The second-order valence-corrected chi connectivity index (χ2v) is 4.24. The third-order valence-electron chi connectivity index (χ3n) is 2.97. The number of aliphatic hydroxyl groups excluding tert-OH is 1. The number of rotatable bonds is 6. The van der Waals surface area contributed by atoms with Gasteiger partial charge in [0.1, 0.15) is 18.3 Å². The Kier molecular flexibility index (Phi) is 8.20. The quantitative estimate of drug-likeness (QED) is 0.826. The Morgan fingerprint density at radius 2 is 1.21 bits per heavy atom. The fourth-order valence-electron chi connectivity index (χ4n) is 1.85. The van der Waals surface area contributed by atoms with Crippen LogP contribution >= 0.6 is 0 Å². The van der Waals surface area contributed by atoms with Crippen molar-refractivity contribution in [1.29, 1.82) is 0 Å². The molecule has 0 fully saturated rings. The van der Waals surface area contributed by atoms with Crippen LogP contribution in [0.2, 0.25) is 0 Å². The van der Waals surface area contributed by atoms with Crippen molar-refractivity contribution in [3.8, 4) is 23.3 Å². The molecule has 9 nitrogen and oxygen atoms in total. The Balaban J connectivity index is 0.000000240. The minimum atomic E-state index is -0.192. The average Bonchev–Trinajstić information content (AvgIpc) is 2.66. The van der Waals surface area contributed by atoms with Gasteiger partial charge in [0.25, 0.3) is 11.8 Å². The second kappa shape index (κ2) is 10.2. The van der Waals surface area contributed by atoms with Crippen molar-refractivity contribution in [2.24, 2.45) is 0 Å². The number of hydrogen-bond donors (Lipinski definition) is 1. The van der Waals surface area contributed by atoms with Crippen molar-refractivity contribution < 1.29 is 24.1 Å². The highest BCUT2D eigenvalue weighted by Gasteiger charge is 2.11. The van der Waals surface area contributed by atoms with Crippen LogP contribution in [0.3, 0.4) is 0 Å². The van der Waals surface area contributed by atoms with Gasteiger partial charge in [0.05, 0.1) is 40.7 Å². The number of ether oxygens (including phenoxy) is 4. The molecule has 0 radical (unpaired) electrons. The molecule has 0 spiro atoms. The number of methoxy groups -OCH3 is 4. The maximum absolute atomic E-state index is 8.84. The highest BCUT2D eigenvalue weighted by molar-refractivity contribution is 5.37. The van der Waals surface area contributed by atoms with Crippen molar-refractivity contribution in [3.05, 3.63) is 24.0 Å². The number of nitrogens with zero attached hydrogens (tertiary/aromatic N) is 4. The number of aromatic nitrogens is 4. The van der Waals surface area contributed by atoms with Gasteiger partial charge < -0.3 is 24.1 Å². The average molecular weight is 338 g/mol. The van der Waals surface area contributed by atoms with E-state index >= 15 is 0 Å². The Labute approximate surface area is 140 Å². The van der Waals surface area contributed by atoms with Crippen LogP contribution in [0.25, 0.3) is 0 Å². The van der Waals surface area contributed by atoms with Gasteiger partial charge in [-0.15, -0.1) is 0 Å². The first-order chi connectivity index (χ1) is 11.7. The van der Waals surface area contributed by atoms with Crippen molar-refractivity contribution in [2.45, 2.75) is 20.0 Å². The van der Waals surface area contributed by atoms with Crippen LogP contribution in [0.5, 0.6) is 23.3 Å². The molecule has 0 aliphatic rings. The molecule has 0 bridgehead atoms. The lowest BCUT2D eigenvalue weighted by Gasteiger charge is -2.08. The number of aliphatic hydroxyl groups is 1. The molecular formula is C15H22N4O5. The molecule has 0 aliphatic carbocycles. The van der Waals surface area contributed by atoms with Gasteiger partial charge in [0.15, 0.2) is 0 Å². The zero-order chi connectivity index (χ0) is 17.9. The fourth-order valence-corrected chi connectivity index (χ4v) is 1.85. The van der Waals surface area contributed by atoms with E-state index in [1.54, 1.807) is 14.2 Å². The van der Waals surface area contributed by atoms with Crippen LogP contribution in [-0.4, -0.2) is 53.5 Å². The van der Waals surface area contributed by atoms with Gasteiger partial charge in [-0.05, 0) is 6.42 Å². The van der Waals surface area contributed by atoms with Gasteiger partial charge in [-0.3, -0.25) is 0 Å². The lowest BCUT2D eigenvalue weighted by molar-refractivity contribution is 0.262. The van der Waals surface area contributed by atoms with Gasteiger partial charge in [0, 0.05) is 0 Å². The molecule has 0 saturated heterocycles. The highest BCUT2D eigenvalue weighted by Crippen LogP contribution is 2.26. The van der Waals surface area contributed by atoms with Crippen LogP contribution in [0, 0.1) is 0 Å². The molecule has 2 rings (SSSR count). The van der Waals surface area contributed by atoms with Gasteiger partial charge in [-0.25, -0.2) is 9.97 Å². The van der Waals surface area contributed by atoms with Crippen LogP contribution in [-0.2, 0) is 13.0 Å². The zero-order valence-corrected chi connectivity index (χ0v) is 14.4. The molecule has 2 aromatic rings. The lowest BCUT2D eigenvalue weighted by Crippen LogP contribution is -2.00. The van der Waals surface area contributed by atoms with Crippen molar-refractivity contribution >= 4 is 0 Å². The van der Waals surface area contributed by atoms with E-state index in [1.165, 1.54) is 26.9 Å². The molecule has 2 heterocycles. The van der Waals surface area contributed by atoms with E-state index in [2.05, 4.69) is 19.9 Å². The number of aryl methyl sites for hydroxylation is 1. The first-order valence-corrected chi connectivity index (χ1v) is 7.11. The van der Waals surface area contributed by atoms with E-state index < -0.39 is 0 Å². The normalized spacial score (nSPS) is 9.58. The summed E-state index contributed by atoms with van der Waals surface area (Å²) in [5.41, 5.74) is 1.29. The lowest BCUT2D eigenvalue weighted by atomic mass is 10.3. The summed E-state index contributed by atoms with van der Waals surface area (Å²) in [5.74, 6) is 1.82. The predicted molar refractivity (Wildman–Crippen MR) is 85.6 cm³/mol. The van der Waals surface area contributed by atoms with Gasteiger partial charge in [-0.1, -0.05) is 6.92 Å². The summed E-state index contributed by atoms with van der Waals surface area (Å²) in [5, 5.41) is 8.84. The SMILES string of the molecule is CCc1ncnc(OC)c1OC.COc1ncnc(CO)c1OC. The van der Waals surface area contributed by atoms with Crippen molar-refractivity contribution in [1.82, 2.24) is 19.9 Å². The summed E-state index contributed by atoms with van der Waals surface area (Å²) in [7, 11) is 6.09. The monoisotopic (exact) mass is 338 g/mol. The van der Waals surface area contributed by atoms with Crippen LogP contribution in [0.4, 0.5) is 0 Å². The molecule has 0 atom stereocenters. The Morgan fingerprint density at radius 1 is 0.750 bits per heavy atom. The zero-order valence-electron chi connectivity index (χ0n) is 14.4. The Hall–Kier alpha value is -2.68. The predicted octanol–water partition coefficient (Wildman–Crippen LogP) is 1.04. The fraction of sp³-hybridized carbons (Fsp3) is 0.467. The minimum absolute atomic E-state index is 0.192. The first kappa shape index (κ1) is 19.4. The third kappa shape index (κ3) is 4.66. The van der Waals surface area contributed by atoms with E-state index in [0.717, 1.165) is 12.1 Å². The molecule has 132 valence electrons. The Bertz CT molecular complexity index is 539. The van der Waals surface area contributed by atoms with Crippen LogP contribution < -0.4 is 18.9 Å². The van der Waals surface area contributed by atoms with E-state index in [1.807, 2.05) is 6.92 Å². The summed E-state index contributed by atoms with van der Waals surface area (Å²) in [6.07, 6.45) is 3.59. The molecular weight excluding hydrogens is 316 g/mol. The molecule has 9 heteroatoms. The molecule has 0 aromatic carbocycles. The van der Waals surface area contributed by atoms with E-state index in [0.29, 0.717) is 29.0 Å². The smallest absolute Gasteiger partial charge is 0.260 e. The summed E-state index contributed by atoms with van der Waals surface area (Å²) < 4.78 is 20.0. The maximum atomic E-state index is 8.84. The molecule has 1 N–H and O–H groups in total. The standard InChI is InChI=1S/C8H12N2O2.C7H10N2O3/c1-4-6-7(11-2)8(12-3)10-5-9-6;1-11-6-5(3-10)8-4-9-7(6)12-2/h5H,4H2,1-3H3;4,10H,3H2,1-2H3. The van der Waals surface area contributed by atoms with E-state index in [4.69, 9.17) is 24.1 Å². The summed E-state index contributed by atoms with van der Waals surface area (Å²) in [6, 6.07) is 0. The van der Waals surface area contributed by atoms with Crippen LogP contribution in [0.15, 0.2) is 12.7 Å². The largest absolute Gasteiger partial charge is 0.490 e. The van der Waals surface area contributed by atoms with E-state index in [9.17, 15) is 0 Å². The Morgan fingerprint density at radius 3 is 1.58 bits per heavy atom.